The van der Waals surface area contributed by atoms with Crippen molar-refractivity contribution in [1.82, 2.24) is 4.31 Å². The van der Waals surface area contributed by atoms with Gasteiger partial charge in [0.2, 0.25) is 0 Å². The van der Waals surface area contributed by atoms with Crippen LogP contribution < -0.4 is 4.74 Å². The minimum atomic E-state index is -0.681. The van der Waals surface area contributed by atoms with Gasteiger partial charge in [0.25, 0.3) is 0 Å². The van der Waals surface area contributed by atoms with Crippen molar-refractivity contribution in [1.29, 1.82) is 0 Å². The molecule has 0 saturated heterocycles. The minimum Gasteiger partial charge on any atom is -0.409 e. The predicted octanol–water partition coefficient (Wildman–Crippen LogP) is 5.02. The van der Waals surface area contributed by atoms with Crippen molar-refractivity contribution in [3.05, 3.63) is 29.8 Å². The van der Waals surface area contributed by atoms with Crippen LogP contribution in [0.25, 0.3) is 0 Å². The van der Waals surface area contributed by atoms with Crippen LogP contribution in [0.3, 0.4) is 0 Å². The molecular weight excluding hydrogens is 342 g/mol. The van der Waals surface area contributed by atoms with E-state index in [-0.39, 0.29) is 11.7 Å². The second-order valence-corrected chi connectivity index (χ2v) is 9.26. The van der Waals surface area contributed by atoms with Gasteiger partial charge in [-0.25, -0.2) is 4.79 Å². The second kappa shape index (κ2) is 9.37. The molecule has 24 heavy (non-hydrogen) atoms. The maximum Gasteiger partial charge on any atom is 0.425 e. The molecule has 0 heterocycles. The summed E-state index contributed by atoms with van der Waals surface area (Å²) in [7, 11) is 1.63. The number of amides is 1. The first kappa shape index (κ1) is 20.9. The van der Waals surface area contributed by atoms with Crippen molar-refractivity contribution in [3.8, 4) is 5.75 Å². The fourth-order valence-electron chi connectivity index (χ4n) is 2.21. The molecule has 0 bridgehead atoms. The summed E-state index contributed by atoms with van der Waals surface area (Å²) in [6.07, 6.45) is -0.474. The number of Topliss-reactive ketones (excluding diaryl/α,β-unsaturated/α-hetero) is 1. The van der Waals surface area contributed by atoms with Gasteiger partial charge in [0.1, 0.15) is 5.75 Å². The molecule has 0 aliphatic heterocycles. The van der Waals surface area contributed by atoms with Gasteiger partial charge < -0.3 is 4.74 Å². The summed E-state index contributed by atoms with van der Waals surface area (Å²) in [6, 6.07) is 7.55. The molecule has 0 aromatic heterocycles. The lowest BCUT2D eigenvalue weighted by Crippen LogP contribution is -2.37. The second-order valence-electron chi connectivity index (χ2n) is 6.23. The SMILES string of the molecule is CCSCc1ccccc1OC(=O)N(C)SC(C)(C)C(=O)C(C)C. The smallest absolute Gasteiger partial charge is 0.409 e. The maximum atomic E-state index is 12.4. The molecule has 4 nitrogen and oxygen atoms in total. The number of rotatable bonds is 8. The molecule has 1 amide bonds. The largest absolute Gasteiger partial charge is 0.425 e. The van der Waals surface area contributed by atoms with E-state index in [9.17, 15) is 9.59 Å². The number of ether oxygens (including phenoxy) is 1. The van der Waals surface area contributed by atoms with Gasteiger partial charge in [0, 0.05) is 24.3 Å². The number of benzene rings is 1. The van der Waals surface area contributed by atoms with Crippen LogP contribution in [0.2, 0.25) is 0 Å². The molecule has 1 rings (SSSR count). The molecule has 0 spiro atoms. The van der Waals surface area contributed by atoms with Crippen LogP contribution in [0, 0.1) is 5.92 Å². The lowest BCUT2D eigenvalue weighted by Gasteiger charge is -2.28. The molecular formula is C18H27NO3S2. The molecule has 0 unspecified atom stereocenters. The normalized spacial score (nSPS) is 11.5. The van der Waals surface area contributed by atoms with Gasteiger partial charge in [0.05, 0.1) is 4.75 Å². The van der Waals surface area contributed by atoms with Gasteiger partial charge in [-0.2, -0.15) is 11.8 Å². The van der Waals surface area contributed by atoms with Crippen molar-refractivity contribution in [2.45, 2.75) is 45.1 Å². The number of thioether (sulfide) groups is 1. The number of ketones is 1. The summed E-state index contributed by atoms with van der Waals surface area (Å²) in [5, 5.41) is 0. The molecule has 6 heteroatoms. The monoisotopic (exact) mass is 369 g/mol. The van der Waals surface area contributed by atoms with Gasteiger partial charge in [0.15, 0.2) is 5.78 Å². The van der Waals surface area contributed by atoms with Crippen LogP contribution in [0.15, 0.2) is 24.3 Å². The minimum absolute atomic E-state index is 0.0799. The van der Waals surface area contributed by atoms with E-state index >= 15 is 0 Å². The van der Waals surface area contributed by atoms with E-state index in [1.165, 1.54) is 16.3 Å². The quantitative estimate of drug-likeness (QED) is 0.602. The van der Waals surface area contributed by atoms with Crippen LogP contribution in [-0.4, -0.2) is 33.7 Å². The highest BCUT2D eigenvalue weighted by atomic mass is 32.2. The van der Waals surface area contributed by atoms with Gasteiger partial charge in [-0.3, -0.25) is 9.10 Å². The van der Waals surface area contributed by atoms with E-state index < -0.39 is 10.8 Å². The predicted molar refractivity (Wildman–Crippen MR) is 104 cm³/mol. The first-order valence-electron chi connectivity index (χ1n) is 8.03. The van der Waals surface area contributed by atoms with Crippen molar-refractivity contribution in [2.24, 2.45) is 5.92 Å². The molecule has 0 aliphatic rings. The van der Waals surface area contributed by atoms with Crippen LogP contribution in [-0.2, 0) is 10.5 Å². The maximum absolute atomic E-state index is 12.4. The van der Waals surface area contributed by atoms with Crippen molar-refractivity contribution < 1.29 is 14.3 Å². The lowest BCUT2D eigenvalue weighted by molar-refractivity contribution is -0.123. The first-order valence-corrected chi connectivity index (χ1v) is 9.96. The standard InChI is InChI=1S/C18H27NO3S2/c1-7-23-12-14-10-8-9-11-15(14)22-17(21)19(6)24-18(4,5)16(20)13(2)3/h8-11,13H,7,12H2,1-6H3. The fourth-order valence-corrected chi connectivity index (χ4v) is 4.00. The number of hydrogen-bond acceptors (Lipinski definition) is 5. The van der Waals surface area contributed by atoms with E-state index in [4.69, 9.17) is 4.74 Å². The summed E-state index contributed by atoms with van der Waals surface area (Å²) in [6.45, 7) is 9.48. The van der Waals surface area contributed by atoms with Gasteiger partial charge in [-0.1, -0.05) is 39.0 Å². The van der Waals surface area contributed by atoms with Crippen LogP contribution in [0.4, 0.5) is 4.79 Å². The van der Waals surface area contributed by atoms with Crippen molar-refractivity contribution >= 4 is 35.6 Å². The van der Waals surface area contributed by atoms with Crippen LogP contribution >= 0.6 is 23.7 Å². The molecule has 0 radical (unpaired) electrons. The Morgan fingerprint density at radius 1 is 1.25 bits per heavy atom. The van der Waals surface area contributed by atoms with Gasteiger partial charge in [-0.05, 0) is 37.6 Å². The lowest BCUT2D eigenvalue weighted by atomic mass is 9.98. The third kappa shape index (κ3) is 6.06. The molecule has 0 aliphatic carbocycles. The molecule has 1 aromatic rings. The summed E-state index contributed by atoms with van der Waals surface area (Å²) < 4.78 is 6.24. The molecule has 0 saturated carbocycles. The zero-order valence-electron chi connectivity index (χ0n) is 15.3. The summed E-state index contributed by atoms with van der Waals surface area (Å²) in [4.78, 5) is 24.6. The van der Waals surface area contributed by atoms with Gasteiger partial charge in [-0.15, -0.1) is 0 Å². The summed E-state index contributed by atoms with van der Waals surface area (Å²) in [5.74, 6) is 2.40. The highest BCUT2D eigenvalue weighted by Crippen LogP contribution is 2.31. The first-order chi connectivity index (χ1) is 11.2. The molecule has 134 valence electrons. The number of carbonyl (C=O) groups is 2. The number of para-hydroxylation sites is 1. The fraction of sp³-hybridized carbons (Fsp3) is 0.556. The zero-order valence-corrected chi connectivity index (χ0v) is 16.9. The van der Waals surface area contributed by atoms with Crippen LogP contribution in [0.1, 0.15) is 40.2 Å². The Balaban J connectivity index is 2.76. The number of hydrogen-bond donors (Lipinski definition) is 0. The highest BCUT2D eigenvalue weighted by molar-refractivity contribution is 7.99. The van der Waals surface area contributed by atoms with E-state index in [1.54, 1.807) is 24.9 Å². The molecule has 1 aromatic carbocycles. The Labute approximate surface area is 153 Å². The van der Waals surface area contributed by atoms with E-state index in [1.807, 2.05) is 45.9 Å². The Bertz CT molecular complexity index is 573. The third-order valence-electron chi connectivity index (χ3n) is 3.37. The van der Waals surface area contributed by atoms with Crippen molar-refractivity contribution in [2.75, 3.05) is 12.8 Å². The summed E-state index contributed by atoms with van der Waals surface area (Å²) in [5.41, 5.74) is 0.994. The molecule has 0 atom stereocenters. The molecule has 0 fully saturated rings. The Morgan fingerprint density at radius 3 is 2.46 bits per heavy atom. The number of nitrogens with zero attached hydrogens (tertiary/aromatic N) is 1. The zero-order chi connectivity index (χ0) is 18.3. The highest BCUT2D eigenvalue weighted by Gasteiger charge is 2.34. The van der Waals surface area contributed by atoms with E-state index in [2.05, 4.69) is 6.92 Å². The van der Waals surface area contributed by atoms with E-state index in [0.29, 0.717) is 5.75 Å². The van der Waals surface area contributed by atoms with Gasteiger partial charge >= 0.3 is 6.09 Å². The third-order valence-corrected chi connectivity index (χ3v) is 5.38. The summed E-state index contributed by atoms with van der Waals surface area (Å²) >= 11 is 2.97. The average molecular weight is 370 g/mol. The van der Waals surface area contributed by atoms with Crippen molar-refractivity contribution in [3.63, 3.8) is 0 Å². The Kier molecular flexibility index (Phi) is 8.16. The average Bonchev–Trinajstić information content (AvgIpc) is 2.52. The number of carbonyl (C=O) groups excluding carboxylic acids is 2. The Hall–Kier alpha value is -1.14. The van der Waals surface area contributed by atoms with E-state index in [0.717, 1.165) is 17.1 Å². The molecule has 0 N–H and O–H groups in total. The van der Waals surface area contributed by atoms with Crippen LogP contribution in [0.5, 0.6) is 5.75 Å². The topological polar surface area (TPSA) is 46.6 Å². The Morgan fingerprint density at radius 2 is 1.88 bits per heavy atom.